The Balaban J connectivity index is 2.22. The van der Waals surface area contributed by atoms with Crippen molar-refractivity contribution in [3.05, 3.63) is 23.3 Å². The van der Waals surface area contributed by atoms with E-state index in [1.165, 1.54) is 11.3 Å². The average molecular weight is 369 g/mol. The number of carbonyl (C=O) groups excluding carboxylic acids is 1. The standard InChI is InChI=1S/C17H21ClN2O3S/c1-3-5-7-22-14-9-12(17-20-13(11-24-17)16(18)21)19-10-15(14)23-8-6-4-2/h9-11H,3-8H2,1-2H3. The Kier molecular flexibility index (Phi) is 7.46. The maximum atomic E-state index is 11.2. The van der Waals surface area contributed by atoms with Gasteiger partial charge in [-0.2, -0.15) is 0 Å². The molecule has 0 atom stereocenters. The highest BCUT2D eigenvalue weighted by atomic mass is 35.5. The Morgan fingerprint density at radius 3 is 2.42 bits per heavy atom. The second-order valence-corrected chi connectivity index (χ2v) is 6.43. The van der Waals surface area contributed by atoms with Crippen molar-refractivity contribution in [3.8, 4) is 22.2 Å². The Morgan fingerprint density at radius 2 is 1.83 bits per heavy atom. The van der Waals surface area contributed by atoms with Crippen molar-refractivity contribution in [3.63, 3.8) is 0 Å². The summed E-state index contributed by atoms with van der Waals surface area (Å²) in [5.74, 6) is 1.28. The zero-order chi connectivity index (χ0) is 17.4. The van der Waals surface area contributed by atoms with Crippen LogP contribution in [0, 0.1) is 0 Å². The second-order valence-electron chi connectivity index (χ2n) is 5.23. The lowest BCUT2D eigenvalue weighted by Crippen LogP contribution is -2.03. The number of nitrogens with zero attached hydrogens (tertiary/aromatic N) is 2. The van der Waals surface area contributed by atoms with Gasteiger partial charge in [-0.25, -0.2) is 9.97 Å². The third-order valence-electron chi connectivity index (χ3n) is 3.27. The first-order valence-electron chi connectivity index (χ1n) is 8.07. The van der Waals surface area contributed by atoms with E-state index in [4.69, 9.17) is 21.1 Å². The summed E-state index contributed by atoms with van der Waals surface area (Å²) in [6.45, 7) is 5.47. The lowest BCUT2D eigenvalue weighted by Gasteiger charge is -2.13. The highest BCUT2D eigenvalue weighted by molar-refractivity contribution is 7.13. The second kappa shape index (κ2) is 9.59. The van der Waals surface area contributed by atoms with Crippen molar-refractivity contribution >= 4 is 28.2 Å². The van der Waals surface area contributed by atoms with E-state index in [0.29, 0.717) is 35.4 Å². The molecule has 0 fully saturated rings. The molecule has 0 aliphatic rings. The molecular formula is C17H21ClN2O3S. The molecule has 0 aliphatic carbocycles. The van der Waals surface area contributed by atoms with Gasteiger partial charge in [0.25, 0.3) is 5.24 Å². The van der Waals surface area contributed by atoms with Gasteiger partial charge in [0.2, 0.25) is 0 Å². The largest absolute Gasteiger partial charge is 0.490 e. The summed E-state index contributed by atoms with van der Waals surface area (Å²) >= 11 is 6.78. The molecule has 2 heterocycles. The number of thiazole rings is 1. The first-order chi connectivity index (χ1) is 11.7. The first-order valence-corrected chi connectivity index (χ1v) is 9.32. The van der Waals surface area contributed by atoms with Gasteiger partial charge < -0.3 is 9.47 Å². The Bertz CT molecular complexity index is 676. The number of hydrogen-bond donors (Lipinski definition) is 0. The third-order valence-corrected chi connectivity index (χ3v) is 4.33. The SMILES string of the molecule is CCCCOc1cnc(-c2nc(C(=O)Cl)cs2)cc1OCCCC. The van der Waals surface area contributed by atoms with E-state index >= 15 is 0 Å². The minimum atomic E-state index is -0.573. The molecule has 0 saturated carbocycles. The zero-order valence-corrected chi connectivity index (χ0v) is 15.5. The molecule has 0 saturated heterocycles. The van der Waals surface area contributed by atoms with E-state index in [9.17, 15) is 4.79 Å². The molecule has 7 heteroatoms. The van der Waals surface area contributed by atoms with Crippen LogP contribution in [-0.4, -0.2) is 28.4 Å². The topological polar surface area (TPSA) is 61.3 Å². The molecule has 0 N–H and O–H groups in total. The molecule has 2 rings (SSSR count). The van der Waals surface area contributed by atoms with Crippen molar-refractivity contribution < 1.29 is 14.3 Å². The molecule has 0 aliphatic heterocycles. The molecule has 0 aromatic carbocycles. The maximum absolute atomic E-state index is 11.2. The molecule has 0 radical (unpaired) electrons. The van der Waals surface area contributed by atoms with E-state index in [1.807, 2.05) is 0 Å². The molecule has 0 amide bonds. The molecular weight excluding hydrogens is 348 g/mol. The fraction of sp³-hybridized carbons (Fsp3) is 0.471. The molecule has 5 nitrogen and oxygen atoms in total. The molecule has 2 aromatic rings. The molecule has 130 valence electrons. The van der Waals surface area contributed by atoms with Gasteiger partial charge in [0.05, 0.1) is 19.4 Å². The fourth-order valence-electron chi connectivity index (χ4n) is 1.90. The van der Waals surface area contributed by atoms with Crippen LogP contribution in [0.3, 0.4) is 0 Å². The van der Waals surface area contributed by atoms with Crippen molar-refractivity contribution in [2.75, 3.05) is 13.2 Å². The van der Waals surface area contributed by atoms with Crippen LogP contribution in [0.15, 0.2) is 17.6 Å². The highest BCUT2D eigenvalue weighted by Gasteiger charge is 2.14. The highest BCUT2D eigenvalue weighted by Crippen LogP contribution is 2.32. The van der Waals surface area contributed by atoms with Crippen LogP contribution in [0.25, 0.3) is 10.7 Å². The molecule has 0 spiro atoms. The number of halogens is 1. The van der Waals surface area contributed by atoms with Gasteiger partial charge >= 0.3 is 0 Å². The van der Waals surface area contributed by atoms with Crippen LogP contribution >= 0.6 is 22.9 Å². The van der Waals surface area contributed by atoms with Crippen LogP contribution in [0.1, 0.15) is 50.0 Å². The van der Waals surface area contributed by atoms with Crippen LogP contribution < -0.4 is 9.47 Å². The van der Waals surface area contributed by atoms with Crippen molar-refractivity contribution in [1.82, 2.24) is 9.97 Å². The van der Waals surface area contributed by atoms with E-state index in [0.717, 1.165) is 25.7 Å². The summed E-state index contributed by atoms with van der Waals surface area (Å²) in [7, 11) is 0. The zero-order valence-electron chi connectivity index (χ0n) is 13.9. The quantitative estimate of drug-likeness (QED) is 0.439. The Hall–Kier alpha value is -1.66. The molecule has 0 bridgehead atoms. The number of unbranched alkanes of at least 4 members (excludes halogenated alkanes) is 2. The average Bonchev–Trinajstić information content (AvgIpc) is 3.07. The van der Waals surface area contributed by atoms with E-state index in [-0.39, 0.29) is 5.69 Å². The maximum Gasteiger partial charge on any atom is 0.271 e. The number of carbonyl (C=O) groups is 1. The van der Waals surface area contributed by atoms with E-state index < -0.39 is 5.24 Å². The van der Waals surface area contributed by atoms with Gasteiger partial charge in [0, 0.05) is 11.4 Å². The van der Waals surface area contributed by atoms with Gasteiger partial charge in [0.1, 0.15) is 16.4 Å². The fourth-order valence-corrected chi connectivity index (χ4v) is 2.83. The van der Waals surface area contributed by atoms with Crippen LogP contribution in [0.4, 0.5) is 0 Å². The number of rotatable bonds is 10. The lowest BCUT2D eigenvalue weighted by molar-refractivity contribution is 0.107. The van der Waals surface area contributed by atoms with Crippen LogP contribution in [-0.2, 0) is 0 Å². The summed E-state index contributed by atoms with van der Waals surface area (Å²) in [4.78, 5) is 19.8. The summed E-state index contributed by atoms with van der Waals surface area (Å²) in [6, 6.07) is 1.80. The van der Waals surface area contributed by atoms with E-state index in [1.54, 1.807) is 17.6 Å². The summed E-state index contributed by atoms with van der Waals surface area (Å²) in [5.41, 5.74) is 0.869. The monoisotopic (exact) mass is 368 g/mol. The smallest absolute Gasteiger partial charge is 0.271 e. The number of ether oxygens (including phenoxy) is 2. The Labute approximate surface area is 151 Å². The predicted molar refractivity (Wildman–Crippen MR) is 96.3 cm³/mol. The summed E-state index contributed by atoms with van der Waals surface area (Å²) in [6.07, 6.45) is 5.71. The van der Waals surface area contributed by atoms with Crippen molar-refractivity contribution in [1.29, 1.82) is 0 Å². The minimum absolute atomic E-state index is 0.232. The lowest BCUT2D eigenvalue weighted by atomic mass is 10.3. The van der Waals surface area contributed by atoms with Crippen LogP contribution in [0.5, 0.6) is 11.5 Å². The van der Waals surface area contributed by atoms with Gasteiger partial charge in [-0.1, -0.05) is 26.7 Å². The van der Waals surface area contributed by atoms with Gasteiger partial charge in [-0.3, -0.25) is 4.79 Å². The number of pyridine rings is 1. The summed E-state index contributed by atoms with van der Waals surface area (Å²) in [5, 5.41) is 1.67. The minimum Gasteiger partial charge on any atom is -0.490 e. The van der Waals surface area contributed by atoms with Crippen molar-refractivity contribution in [2.45, 2.75) is 39.5 Å². The van der Waals surface area contributed by atoms with Gasteiger partial charge in [-0.05, 0) is 24.4 Å². The number of aromatic nitrogens is 2. The van der Waals surface area contributed by atoms with Gasteiger partial charge in [-0.15, -0.1) is 11.3 Å². The molecule has 24 heavy (non-hydrogen) atoms. The van der Waals surface area contributed by atoms with E-state index in [2.05, 4.69) is 23.8 Å². The third kappa shape index (κ3) is 5.18. The normalized spacial score (nSPS) is 10.6. The molecule has 0 unspecified atom stereocenters. The van der Waals surface area contributed by atoms with Crippen LogP contribution in [0.2, 0.25) is 0 Å². The van der Waals surface area contributed by atoms with Crippen molar-refractivity contribution in [2.24, 2.45) is 0 Å². The summed E-state index contributed by atoms with van der Waals surface area (Å²) < 4.78 is 11.6. The van der Waals surface area contributed by atoms with Gasteiger partial charge in [0.15, 0.2) is 11.5 Å². The Morgan fingerprint density at radius 1 is 1.17 bits per heavy atom. The molecule has 2 aromatic heterocycles. The number of hydrogen-bond acceptors (Lipinski definition) is 6. The first kappa shape index (κ1) is 18.7. The predicted octanol–water partition coefficient (Wildman–Crippen LogP) is 4.94.